The van der Waals surface area contributed by atoms with E-state index in [2.05, 4.69) is 93.4 Å². The lowest BCUT2D eigenvalue weighted by atomic mass is 10.0. The van der Waals surface area contributed by atoms with Crippen LogP contribution in [0.2, 0.25) is 0 Å². The first-order valence-corrected chi connectivity index (χ1v) is 18.9. The lowest BCUT2D eigenvalue weighted by Gasteiger charge is -2.30. The Morgan fingerprint density at radius 3 is 1.26 bits per heavy atom. The van der Waals surface area contributed by atoms with Gasteiger partial charge in [0.1, 0.15) is 12.1 Å². The van der Waals surface area contributed by atoms with Gasteiger partial charge in [0, 0.05) is 35.9 Å². The molecule has 0 aliphatic carbocycles. The number of methoxy groups -OCH3 is 2. The van der Waals surface area contributed by atoms with Crippen LogP contribution >= 0.6 is 0 Å². The zero-order valence-electron chi connectivity index (χ0n) is 32.0. The van der Waals surface area contributed by atoms with E-state index >= 15 is 0 Å². The average molecular weight is 737 g/mol. The molecule has 4 amide bonds. The van der Waals surface area contributed by atoms with Crippen molar-refractivity contribution in [3.8, 4) is 33.6 Å². The summed E-state index contributed by atoms with van der Waals surface area (Å²) in [4.78, 5) is 61.8. The number of carbonyl (C=O) groups excluding carboxylic acids is 4. The van der Waals surface area contributed by atoms with E-state index in [9.17, 15) is 19.2 Å². The van der Waals surface area contributed by atoms with Crippen molar-refractivity contribution in [2.45, 2.75) is 77.5 Å². The lowest BCUT2D eigenvalue weighted by Crippen LogP contribution is -2.51. The molecule has 2 aromatic heterocycles. The zero-order chi connectivity index (χ0) is 38.5. The van der Waals surface area contributed by atoms with Crippen LogP contribution in [-0.4, -0.2) is 83.2 Å². The molecule has 2 unspecified atom stereocenters. The number of alkyl carbamates (subject to hydrolysis) is 2. The molecule has 0 bridgehead atoms. The Morgan fingerprint density at radius 1 is 0.574 bits per heavy atom. The van der Waals surface area contributed by atoms with Crippen LogP contribution in [0.4, 0.5) is 9.59 Å². The van der Waals surface area contributed by atoms with Crippen LogP contribution in [0.25, 0.3) is 33.6 Å². The SMILES string of the molecule is COC(=O)N[C@H](C(=O)N1CCCC1c1ccc(-c2ccc(-c3ccc(-c4ccc(C5CCCN5C(=O)[C@@H](NC(=O)OC)C(C)C)[nH]4)cc3)cc2)[nH]1)C(C)C. The number of carbonyl (C=O) groups is 4. The van der Waals surface area contributed by atoms with Gasteiger partial charge in [-0.05, 0) is 84.0 Å². The molecule has 2 aromatic carbocycles. The number of aromatic amines is 2. The Balaban J connectivity index is 1.11. The molecule has 286 valence electrons. The zero-order valence-corrected chi connectivity index (χ0v) is 32.0. The van der Waals surface area contributed by atoms with E-state index < -0.39 is 24.3 Å². The first-order valence-electron chi connectivity index (χ1n) is 18.9. The van der Waals surface area contributed by atoms with Crippen LogP contribution in [0.5, 0.6) is 0 Å². The van der Waals surface area contributed by atoms with Crippen molar-refractivity contribution in [1.82, 2.24) is 30.4 Å². The number of ether oxygens (including phenoxy) is 2. The highest BCUT2D eigenvalue weighted by molar-refractivity contribution is 5.87. The summed E-state index contributed by atoms with van der Waals surface area (Å²) in [5.74, 6) is -0.357. The highest BCUT2D eigenvalue weighted by Gasteiger charge is 2.38. The van der Waals surface area contributed by atoms with Gasteiger partial charge in [-0.3, -0.25) is 9.59 Å². The third-order valence-corrected chi connectivity index (χ3v) is 10.7. The van der Waals surface area contributed by atoms with E-state index in [4.69, 9.17) is 9.47 Å². The largest absolute Gasteiger partial charge is 0.453 e. The van der Waals surface area contributed by atoms with Gasteiger partial charge in [-0.2, -0.15) is 0 Å². The van der Waals surface area contributed by atoms with E-state index in [0.29, 0.717) is 13.1 Å². The molecule has 2 saturated heterocycles. The van der Waals surface area contributed by atoms with Gasteiger partial charge < -0.3 is 39.9 Å². The van der Waals surface area contributed by atoms with Crippen molar-refractivity contribution in [2.75, 3.05) is 27.3 Å². The van der Waals surface area contributed by atoms with Crippen molar-refractivity contribution in [2.24, 2.45) is 11.8 Å². The number of hydrogen-bond donors (Lipinski definition) is 4. The first-order chi connectivity index (χ1) is 26.0. The van der Waals surface area contributed by atoms with Gasteiger partial charge >= 0.3 is 12.2 Å². The topological polar surface area (TPSA) is 149 Å². The number of hydrogen-bond acceptors (Lipinski definition) is 6. The Kier molecular flexibility index (Phi) is 11.8. The average Bonchev–Trinajstić information content (AvgIpc) is 4.02. The molecule has 4 aromatic rings. The summed E-state index contributed by atoms with van der Waals surface area (Å²) in [5.41, 5.74) is 8.18. The molecule has 2 aliphatic rings. The molecule has 4 N–H and O–H groups in total. The van der Waals surface area contributed by atoms with E-state index in [1.807, 2.05) is 37.5 Å². The van der Waals surface area contributed by atoms with Crippen molar-refractivity contribution in [3.05, 3.63) is 84.2 Å². The quantitative estimate of drug-likeness (QED) is 0.126. The van der Waals surface area contributed by atoms with Crippen LogP contribution in [0.1, 0.15) is 76.8 Å². The third-order valence-electron chi connectivity index (χ3n) is 10.7. The summed E-state index contributed by atoms with van der Waals surface area (Å²) in [7, 11) is 2.60. The minimum absolute atomic E-state index is 0.0810. The summed E-state index contributed by atoms with van der Waals surface area (Å²) in [6.45, 7) is 8.94. The van der Waals surface area contributed by atoms with Gasteiger partial charge in [-0.1, -0.05) is 76.2 Å². The molecule has 12 nitrogen and oxygen atoms in total. The minimum Gasteiger partial charge on any atom is -0.453 e. The fourth-order valence-electron chi connectivity index (χ4n) is 7.70. The van der Waals surface area contributed by atoms with Gasteiger partial charge in [0.2, 0.25) is 11.8 Å². The number of amides is 4. The second-order valence-electron chi connectivity index (χ2n) is 14.9. The predicted octanol–water partition coefficient (Wildman–Crippen LogP) is 7.43. The number of nitrogens with one attached hydrogen (secondary N) is 4. The highest BCUT2D eigenvalue weighted by atomic mass is 16.5. The number of nitrogens with zero attached hydrogens (tertiary/aromatic N) is 2. The predicted molar refractivity (Wildman–Crippen MR) is 207 cm³/mol. The maximum atomic E-state index is 13.5. The summed E-state index contributed by atoms with van der Waals surface area (Å²) in [6, 6.07) is 23.6. The lowest BCUT2D eigenvalue weighted by molar-refractivity contribution is -0.136. The van der Waals surface area contributed by atoms with E-state index in [1.165, 1.54) is 14.2 Å². The number of benzene rings is 2. The number of H-pyrrole nitrogens is 2. The Hall–Kier alpha value is -5.52. The van der Waals surface area contributed by atoms with Gasteiger partial charge in [0.15, 0.2) is 0 Å². The molecular formula is C42H52N6O6. The molecule has 4 heterocycles. The molecule has 2 aliphatic heterocycles. The van der Waals surface area contributed by atoms with Crippen molar-refractivity contribution < 1.29 is 28.7 Å². The molecule has 0 spiro atoms. The molecule has 6 rings (SSSR count). The molecule has 12 heteroatoms. The Bertz CT molecular complexity index is 1790. The molecule has 2 fully saturated rings. The van der Waals surface area contributed by atoms with Gasteiger partial charge in [-0.15, -0.1) is 0 Å². The first kappa shape index (κ1) is 38.2. The second-order valence-corrected chi connectivity index (χ2v) is 14.9. The van der Waals surface area contributed by atoms with Gasteiger partial charge in [-0.25, -0.2) is 9.59 Å². The van der Waals surface area contributed by atoms with Crippen molar-refractivity contribution in [1.29, 1.82) is 0 Å². The van der Waals surface area contributed by atoms with Crippen LogP contribution in [0.3, 0.4) is 0 Å². The summed E-state index contributed by atoms with van der Waals surface area (Å²) in [6.07, 6.45) is 2.27. The highest BCUT2D eigenvalue weighted by Crippen LogP contribution is 2.36. The van der Waals surface area contributed by atoms with Crippen LogP contribution < -0.4 is 10.6 Å². The number of rotatable bonds is 11. The normalized spacial score (nSPS) is 18.1. The fourth-order valence-corrected chi connectivity index (χ4v) is 7.70. The molecule has 0 radical (unpaired) electrons. The smallest absolute Gasteiger partial charge is 0.407 e. The third kappa shape index (κ3) is 8.17. The van der Waals surface area contributed by atoms with Crippen LogP contribution in [0.15, 0.2) is 72.8 Å². The summed E-state index contributed by atoms with van der Waals surface area (Å²) >= 11 is 0. The van der Waals surface area contributed by atoms with E-state index in [1.54, 1.807) is 0 Å². The molecule has 54 heavy (non-hydrogen) atoms. The Morgan fingerprint density at radius 2 is 0.926 bits per heavy atom. The maximum absolute atomic E-state index is 13.5. The minimum atomic E-state index is -0.656. The molecule has 4 atom stereocenters. The molecule has 0 saturated carbocycles. The number of aromatic nitrogens is 2. The molecular weight excluding hydrogens is 684 g/mol. The van der Waals surface area contributed by atoms with E-state index in [-0.39, 0.29) is 35.7 Å². The monoisotopic (exact) mass is 736 g/mol. The van der Waals surface area contributed by atoms with Crippen molar-refractivity contribution >= 4 is 24.0 Å². The van der Waals surface area contributed by atoms with Crippen LogP contribution in [-0.2, 0) is 19.1 Å². The Labute approximate surface area is 317 Å². The van der Waals surface area contributed by atoms with Gasteiger partial charge in [0.25, 0.3) is 0 Å². The van der Waals surface area contributed by atoms with Crippen molar-refractivity contribution in [3.63, 3.8) is 0 Å². The summed E-state index contributed by atoms with van der Waals surface area (Å²) < 4.78 is 9.53. The van der Waals surface area contributed by atoms with Gasteiger partial charge in [0.05, 0.1) is 26.3 Å². The summed E-state index contributed by atoms with van der Waals surface area (Å²) in [5, 5.41) is 5.43. The van der Waals surface area contributed by atoms with E-state index in [0.717, 1.165) is 70.7 Å². The maximum Gasteiger partial charge on any atom is 0.407 e. The van der Waals surface area contributed by atoms with Crippen LogP contribution in [0, 0.1) is 11.8 Å². The fraction of sp³-hybridized carbons (Fsp3) is 0.429. The second kappa shape index (κ2) is 16.7. The standard InChI is InChI=1S/C42H52N6O6/c1-25(2)37(45-41(51)53-5)39(49)47-23-7-9-35(47)33-21-19-31(43-33)29-15-11-27(12-16-29)28-13-17-30(18-14-28)32-20-22-34(44-32)36-10-8-24-48(36)40(50)38(26(3)4)46-42(52)54-6/h11-22,25-26,35-38,43-44H,7-10,23-24H2,1-6H3,(H,45,51)(H,46,52)/t35?,36?,37-,38-/m0/s1. The number of likely N-dealkylation sites (tertiary alicyclic amines) is 2.